The van der Waals surface area contributed by atoms with Gasteiger partial charge in [-0.15, -0.1) is 0 Å². The number of Topliss-reactive ketones (excluding diaryl/α,β-unsaturated/α-hetero) is 1. The van der Waals surface area contributed by atoms with Gasteiger partial charge in [-0.2, -0.15) is 5.10 Å². The van der Waals surface area contributed by atoms with E-state index in [2.05, 4.69) is 22.5 Å². The highest BCUT2D eigenvalue weighted by atomic mass is 16.1. The first-order valence-electron chi connectivity index (χ1n) is 7.04. The normalized spacial score (nSPS) is 17.8. The summed E-state index contributed by atoms with van der Waals surface area (Å²) < 4.78 is 1.83. The molecule has 1 unspecified atom stereocenters. The van der Waals surface area contributed by atoms with Crippen LogP contribution in [0.4, 0.5) is 0 Å². The van der Waals surface area contributed by atoms with Crippen LogP contribution >= 0.6 is 0 Å². The Balaban J connectivity index is 1.60. The van der Waals surface area contributed by atoms with Gasteiger partial charge in [0.1, 0.15) is 5.78 Å². The highest BCUT2D eigenvalue weighted by Gasteiger charge is 2.23. The van der Waals surface area contributed by atoms with Crippen LogP contribution in [0, 0.1) is 0 Å². The maximum Gasteiger partial charge on any atom is 0.150 e. The monoisotopic (exact) mass is 269 g/mol. The average molecular weight is 269 g/mol. The van der Waals surface area contributed by atoms with Crippen molar-refractivity contribution in [2.75, 3.05) is 0 Å². The van der Waals surface area contributed by atoms with Crippen LogP contribution in [-0.2, 0) is 31.2 Å². The Morgan fingerprint density at radius 3 is 2.90 bits per heavy atom. The number of carbonyl (C=O) groups is 1. The number of carbonyl (C=O) groups excluding carboxylic acids is 1. The molecule has 4 nitrogen and oxygen atoms in total. The average Bonchev–Trinajstić information content (AvgIpc) is 2.89. The minimum absolute atomic E-state index is 0.0434. The summed E-state index contributed by atoms with van der Waals surface area (Å²) in [5.74, 6) is 0.292. The summed E-state index contributed by atoms with van der Waals surface area (Å²) in [6.45, 7) is 0.790. The van der Waals surface area contributed by atoms with Gasteiger partial charge in [0.25, 0.3) is 0 Å². The zero-order chi connectivity index (χ0) is 13.9. The summed E-state index contributed by atoms with van der Waals surface area (Å²) in [5.41, 5.74) is 3.71. The molecule has 2 aromatic rings. The third-order valence-corrected chi connectivity index (χ3v) is 4.02. The fraction of sp³-hybridized carbons (Fsp3) is 0.375. The Morgan fingerprint density at radius 2 is 2.15 bits per heavy atom. The lowest BCUT2D eigenvalue weighted by molar-refractivity contribution is -0.121. The van der Waals surface area contributed by atoms with E-state index in [-0.39, 0.29) is 6.04 Å². The van der Waals surface area contributed by atoms with Gasteiger partial charge < -0.3 is 5.32 Å². The molecule has 1 aliphatic rings. The number of nitrogens with one attached hydrogen (secondary N) is 1. The largest absolute Gasteiger partial charge is 0.303 e. The third kappa shape index (κ3) is 2.65. The molecule has 1 aromatic carbocycles. The van der Waals surface area contributed by atoms with Crippen molar-refractivity contribution in [1.82, 2.24) is 15.1 Å². The third-order valence-electron chi connectivity index (χ3n) is 4.02. The molecule has 2 heterocycles. The predicted molar refractivity (Wildman–Crippen MR) is 77.3 cm³/mol. The quantitative estimate of drug-likeness (QED) is 0.918. The molecule has 0 amide bonds. The molecule has 0 aliphatic carbocycles. The van der Waals surface area contributed by atoms with E-state index in [4.69, 9.17) is 0 Å². The summed E-state index contributed by atoms with van der Waals surface area (Å²) >= 11 is 0. The molecule has 1 N–H and O–H groups in total. The van der Waals surface area contributed by atoms with Crippen LogP contribution in [0.2, 0.25) is 0 Å². The number of hydrogen-bond donors (Lipinski definition) is 1. The standard InChI is InChI=1S/C16H19N3O/c1-19-14(8-9-18-19)6-7-16(20)15-10-12-4-2-3-5-13(12)11-17-15/h2-5,8-9,15,17H,6-7,10-11H2,1H3. The second-order valence-electron chi connectivity index (χ2n) is 5.32. The van der Waals surface area contributed by atoms with E-state index in [0.717, 1.165) is 25.1 Å². The molecule has 0 saturated heterocycles. The molecule has 0 radical (unpaired) electrons. The maximum absolute atomic E-state index is 12.3. The Hall–Kier alpha value is -1.94. The van der Waals surface area contributed by atoms with Gasteiger partial charge in [0, 0.05) is 31.9 Å². The van der Waals surface area contributed by atoms with Crippen molar-refractivity contribution in [3.63, 3.8) is 0 Å². The van der Waals surface area contributed by atoms with Gasteiger partial charge in [-0.25, -0.2) is 0 Å². The lowest BCUT2D eigenvalue weighted by atomic mass is 9.92. The number of hydrogen-bond acceptors (Lipinski definition) is 3. The van der Waals surface area contributed by atoms with E-state index >= 15 is 0 Å². The number of benzene rings is 1. The van der Waals surface area contributed by atoms with Gasteiger partial charge in [0.05, 0.1) is 6.04 Å². The maximum atomic E-state index is 12.3. The van der Waals surface area contributed by atoms with Crippen LogP contribution in [0.3, 0.4) is 0 Å². The number of nitrogens with zero attached hydrogens (tertiary/aromatic N) is 2. The molecule has 4 heteroatoms. The predicted octanol–water partition coefficient (Wildman–Crippen LogP) is 1.64. The Labute approximate surface area is 118 Å². The Kier molecular flexibility index (Phi) is 3.65. The second kappa shape index (κ2) is 5.59. The van der Waals surface area contributed by atoms with E-state index in [1.54, 1.807) is 6.20 Å². The molecule has 0 saturated carbocycles. The van der Waals surface area contributed by atoms with Crippen LogP contribution in [0.5, 0.6) is 0 Å². The van der Waals surface area contributed by atoms with Crippen molar-refractivity contribution in [2.45, 2.75) is 31.8 Å². The van der Waals surface area contributed by atoms with Crippen LogP contribution in [0.25, 0.3) is 0 Å². The van der Waals surface area contributed by atoms with Crippen molar-refractivity contribution < 1.29 is 4.79 Å². The van der Waals surface area contributed by atoms with E-state index in [1.807, 2.05) is 29.9 Å². The Morgan fingerprint density at radius 1 is 1.35 bits per heavy atom. The van der Waals surface area contributed by atoms with E-state index < -0.39 is 0 Å². The van der Waals surface area contributed by atoms with Gasteiger partial charge in [-0.05, 0) is 30.0 Å². The number of aryl methyl sites for hydroxylation is 2. The first-order valence-corrected chi connectivity index (χ1v) is 7.04. The molecule has 1 atom stereocenters. The van der Waals surface area contributed by atoms with E-state index in [0.29, 0.717) is 12.2 Å². The SMILES string of the molecule is Cn1nccc1CCC(=O)C1Cc2ccccc2CN1. The van der Waals surface area contributed by atoms with Gasteiger partial charge in [0.15, 0.2) is 0 Å². The minimum atomic E-state index is -0.0434. The number of fused-ring (bicyclic) bond motifs is 1. The molecule has 1 aromatic heterocycles. The van der Waals surface area contributed by atoms with Crippen molar-refractivity contribution in [2.24, 2.45) is 7.05 Å². The molecular formula is C16H19N3O. The van der Waals surface area contributed by atoms with Gasteiger partial charge >= 0.3 is 0 Å². The highest BCUT2D eigenvalue weighted by molar-refractivity contribution is 5.84. The summed E-state index contributed by atoms with van der Waals surface area (Å²) in [4.78, 5) is 12.3. The second-order valence-corrected chi connectivity index (χ2v) is 5.32. The zero-order valence-electron chi connectivity index (χ0n) is 11.7. The number of rotatable bonds is 4. The van der Waals surface area contributed by atoms with E-state index in [9.17, 15) is 4.79 Å². The van der Waals surface area contributed by atoms with Crippen molar-refractivity contribution in [1.29, 1.82) is 0 Å². The van der Waals surface area contributed by atoms with Gasteiger partial charge in [0.2, 0.25) is 0 Å². The van der Waals surface area contributed by atoms with Gasteiger partial charge in [-0.1, -0.05) is 24.3 Å². The lowest BCUT2D eigenvalue weighted by Crippen LogP contribution is -2.41. The molecule has 104 valence electrons. The molecule has 0 spiro atoms. The molecule has 1 aliphatic heterocycles. The first-order chi connectivity index (χ1) is 9.74. The lowest BCUT2D eigenvalue weighted by Gasteiger charge is -2.25. The number of aromatic nitrogens is 2. The van der Waals surface area contributed by atoms with Crippen LogP contribution in [0.1, 0.15) is 23.2 Å². The summed E-state index contributed by atoms with van der Waals surface area (Å²) in [5, 5.41) is 7.47. The smallest absolute Gasteiger partial charge is 0.150 e. The summed E-state index contributed by atoms with van der Waals surface area (Å²) in [6, 6.07) is 10.3. The zero-order valence-corrected chi connectivity index (χ0v) is 11.7. The van der Waals surface area contributed by atoms with Crippen LogP contribution < -0.4 is 5.32 Å². The van der Waals surface area contributed by atoms with Crippen LogP contribution in [0.15, 0.2) is 36.5 Å². The topological polar surface area (TPSA) is 46.9 Å². The molecule has 0 fully saturated rings. The first kappa shape index (κ1) is 13.1. The van der Waals surface area contributed by atoms with Crippen molar-refractivity contribution in [3.05, 3.63) is 53.3 Å². The minimum Gasteiger partial charge on any atom is -0.303 e. The molecule has 0 bridgehead atoms. The van der Waals surface area contributed by atoms with Crippen molar-refractivity contribution >= 4 is 5.78 Å². The number of ketones is 1. The molecule has 3 rings (SSSR count). The van der Waals surface area contributed by atoms with E-state index in [1.165, 1.54) is 11.1 Å². The van der Waals surface area contributed by atoms with Crippen LogP contribution in [-0.4, -0.2) is 21.6 Å². The molecular weight excluding hydrogens is 250 g/mol. The fourth-order valence-corrected chi connectivity index (χ4v) is 2.75. The fourth-order valence-electron chi connectivity index (χ4n) is 2.75. The summed E-state index contributed by atoms with van der Waals surface area (Å²) in [6.07, 6.45) is 3.91. The van der Waals surface area contributed by atoms with Crippen molar-refractivity contribution in [3.8, 4) is 0 Å². The van der Waals surface area contributed by atoms with Gasteiger partial charge in [-0.3, -0.25) is 9.48 Å². The molecule has 20 heavy (non-hydrogen) atoms. The highest BCUT2D eigenvalue weighted by Crippen LogP contribution is 2.17. The summed E-state index contributed by atoms with van der Waals surface area (Å²) in [7, 11) is 1.91. The Bertz CT molecular complexity index is 618.